The smallest absolute Gasteiger partial charge is 0.160 e. The SMILES string of the molecule is COc1ccc(Cn2c(CC3CCN(Cc4ccccc4)CC3)nc3cccnc32)cc1. The van der Waals surface area contributed by atoms with E-state index in [9.17, 15) is 0 Å². The van der Waals surface area contributed by atoms with E-state index in [4.69, 9.17) is 9.72 Å². The van der Waals surface area contributed by atoms with Crippen LogP contribution in [0.5, 0.6) is 5.75 Å². The van der Waals surface area contributed by atoms with Crippen molar-refractivity contribution in [2.45, 2.75) is 32.4 Å². The number of ether oxygens (including phenoxy) is 1. The van der Waals surface area contributed by atoms with Gasteiger partial charge in [0.1, 0.15) is 17.1 Å². The Morgan fingerprint density at radius 2 is 1.62 bits per heavy atom. The lowest BCUT2D eigenvalue weighted by Crippen LogP contribution is -2.34. The Bertz CT molecular complexity index is 1150. The van der Waals surface area contributed by atoms with Crippen molar-refractivity contribution in [2.75, 3.05) is 20.2 Å². The zero-order valence-corrected chi connectivity index (χ0v) is 18.7. The highest BCUT2D eigenvalue weighted by atomic mass is 16.5. The van der Waals surface area contributed by atoms with Crippen LogP contribution in [0.2, 0.25) is 0 Å². The van der Waals surface area contributed by atoms with E-state index >= 15 is 0 Å². The van der Waals surface area contributed by atoms with Crippen molar-refractivity contribution >= 4 is 11.2 Å². The number of hydrogen-bond donors (Lipinski definition) is 0. The Morgan fingerprint density at radius 1 is 0.875 bits per heavy atom. The molecule has 0 saturated carbocycles. The molecule has 32 heavy (non-hydrogen) atoms. The van der Waals surface area contributed by atoms with Crippen molar-refractivity contribution in [3.63, 3.8) is 0 Å². The highest BCUT2D eigenvalue weighted by molar-refractivity contribution is 5.71. The molecule has 1 fully saturated rings. The van der Waals surface area contributed by atoms with Crippen molar-refractivity contribution in [1.29, 1.82) is 0 Å². The number of nitrogens with zero attached hydrogens (tertiary/aromatic N) is 4. The Kier molecular flexibility index (Phi) is 6.17. The summed E-state index contributed by atoms with van der Waals surface area (Å²) in [5, 5.41) is 0. The summed E-state index contributed by atoms with van der Waals surface area (Å²) >= 11 is 0. The van der Waals surface area contributed by atoms with E-state index in [-0.39, 0.29) is 0 Å². The molecule has 0 atom stereocenters. The maximum Gasteiger partial charge on any atom is 0.160 e. The van der Waals surface area contributed by atoms with Crippen LogP contribution < -0.4 is 4.74 Å². The van der Waals surface area contributed by atoms with Crippen molar-refractivity contribution in [3.8, 4) is 5.75 Å². The highest BCUT2D eigenvalue weighted by Gasteiger charge is 2.22. The molecule has 1 saturated heterocycles. The summed E-state index contributed by atoms with van der Waals surface area (Å²) in [7, 11) is 1.70. The first-order chi connectivity index (χ1) is 15.8. The van der Waals surface area contributed by atoms with Gasteiger partial charge in [0.2, 0.25) is 0 Å². The summed E-state index contributed by atoms with van der Waals surface area (Å²) in [4.78, 5) is 12.2. The molecule has 2 aromatic heterocycles. The number of imidazole rings is 1. The second-order valence-electron chi connectivity index (χ2n) is 8.72. The molecule has 0 bridgehead atoms. The third-order valence-electron chi connectivity index (χ3n) is 6.51. The zero-order valence-electron chi connectivity index (χ0n) is 18.7. The molecular formula is C27H30N4O. The van der Waals surface area contributed by atoms with Crippen LogP contribution in [0.25, 0.3) is 11.2 Å². The van der Waals surface area contributed by atoms with Crippen LogP contribution in [0, 0.1) is 5.92 Å². The fourth-order valence-electron chi connectivity index (χ4n) is 4.69. The maximum atomic E-state index is 5.31. The number of fused-ring (bicyclic) bond motifs is 1. The molecule has 1 aliphatic rings. The van der Waals surface area contributed by atoms with Gasteiger partial charge in [-0.05, 0) is 67.2 Å². The fourth-order valence-corrected chi connectivity index (χ4v) is 4.69. The number of likely N-dealkylation sites (tertiary alicyclic amines) is 1. The van der Waals surface area contributed by atoms with Crippen molar-refractivity contribution < 1.29 is 4.74 Å². The average Bonchev–Trinajstić information content (AvgIpc) is 3.18. The van der Waals surface area contributed by atoms with Crippen LogP contribution >= 0.6 is 0 Å². The normalized spacial score (nSPS) is 15.3. The van der Waals surface area contributed by atoms with Crippen LogP contribution in [0.3, 0.4) is 0 Å². The van der Waals surface area contributed by atoms with E-state index in [0.717, 1.165) is 55.3 Å². The molecule has 0 unspecified atom stereocenters. The lowest BCUT2D eigenvalue weighted by atomic mass is 9.93. The number of aromatic nitrogens is 3. The number of piperidine rings is 1. The molecule has 0 N–H and O–H groups in total. The van der Waals surface area contributed by atoms with Crippen molar-refractivity contribution in [1.82, 2.24) is 19.4 Å². The summed E-state index contributed by atoms with van der Waals surface area (Å²) in [5.74, 6) is 2.69. The van der Waals surface area contributed by atoms with Gasteiger partial charge in [0.05, 0.1) is 13.7 Å². The number of hydrogen-bond acceptors (Lipinski definition) is 4. The number of rotatable bonds is 7. The molecule has 4 aromatic rings. The van der Waals surface area contributed by atoms with Crippen LogP contribution in [0.1, 0.15) is 29.8 Å². The van der Waals surface area contributed by atoms with Gasteiger partial charge in [-0.1, -0.05) is 42.5 Å². The molecule has 0 radical (unpaired) electrons. The van der Waals surface area contributed by atoms with E-state index in [1.54, 1.807) is 7.11 Å². The quantitative estimate of drug-likeness (QED) is 0.420. The molecule has 3 heterocycles. The first kappa shape index (κ1) is 20.7. The largest absolute Gasteiger partial charge is 0.497 e. The van der Waals surface area contributed by atoms with Crippen molar-refractivity contribution in [3.05, 3.63) is 89.9 Å². The van der Waals surface area contributed by atoms with Crippen LogP contribution in [0.15, 0.2) is 72.9 Å². The zero-order chi connectivity index (χ0) is 21.8. The monoisotopic (exact) mass is 426 g/mol. The van der Waals surface area contributed by atoms with Gasteiger partial charge in [0.25, 0.3) is 0 Å². The van der Waals surface area contributed by atoms with Gasteiger partial charge in [-0.25, -0.2) is 9.97 Å². The molecule has 5 nitrogen and oxygen atoms in total. The van der Waals surface area contributed by atoms with E-state index in [1.165, 1.54) is 24.0 Å². The molecule has 5 heteroatoms. The Balaban J connectivity index is 1.29. The minimum Gasteiger partial charge on any atom is -0.497 e. The topological polar surface area (TPSA) is 43.2 Å². The maximum absolute atomic E-state index is 5.31. The lowest BCUT2D eigenvalue weighted by Gasteiger charge is -2.32. The molecular weight excluding hydrogens is 396 g/mol. The summed E-state index contributed by atoms with van der Waals surface area (Å²) in [5.41, 5.74) is 4.59. The van der Waals surface area contributed by atoms with E-state index < -0.39 is 0 Å². The van der Waals surface area contributed by atoms with Gasteiger partial charge in [-0.2, -0.15) is 0 Å². The standard InChI is InChI=1S/C27H30N4O/c1-32-24-11-9-23(10-12-24)20-31-26(29-25-8-5-15-28-27(25)31)18-21-13-16-30(17-14-21)19-22-6-3-2-4-7-22/h2-12,15,21H,13-14,16-20H2,1H3. The van der Waals surface area contributed by atoms with Gasteiger partial charge < -0.3 is 9.30 Å². The summed E-state index contributed by atoms with van der Waals surface area (Å²) in [6, 6.07) is 23.1. The minimum absolute atomic E-state index is 0.661. The second-order valence-corrected chi connectivity index (χ2v) is 8.72. The van der Waals surface area contributed by atoms with E-state index in [1.807, 2.05) is 24.4 Å². The van der Waals surface area contributed by atoms with Crippen LogP contribution in [-0.4, -0.2) is 39.6 Å². The fraction of sp³-hybridized carbons (Fsp3) is 0.333. The van der Waals surface area contributed by atoms with Gasteiger partial charge in [-0.3, -0.25) is 4.90 Å². The predicted octanol–water partition coefficient (Wildman–Crippen LogP) is 4.94. The van der Waals surface area contributed by atoms with Gasteiger partial charge in [0.15, 0.2) is 5.65 Å². The van der Waals surface area contributed by atoms with Gasteiger partial charge in [-0.15, -0.1) is 0 Å². The molecule has 0 spiro atoms. The molecule has 1 aliphatic heterocycles. The number of benzene rings is 2. The average molecular weight is 427 g/mol. The molecule has 0 aliphatic carbocycles. The Labute approximate surface area is 189 Å². The van der Waals surface area contributed by atoms with Gasteiger partial charge in [0, 0.05) is 19.2 Å². The lowest BCUT2D eigenvalue weighted by molar-refractivity contribution is 0.175. The third-order valence-corrected chi connectivity index (χ3v) is 6.51. The summed E-state index contributed by atoms with van der Waals surface area (Å²) in [6.45, 7) is 4.13. The highest BCUT2D eigenvalue weighted by Crippen LogP contribution is 2.25. The van der Waals surface area contributed by atoms with E-state index in [0.29, 0.717) is 5.92 Å². The van der Waals surface area contributed by atoms with Crippen molar-refractivity contribution in [2.24, 2.45) is 5.92 Å². The van der Waals surface area contributed by atoms with Crippen LogP contribution in [-0.2, 0) is 19.5 Å². The minimum atomic E-state index is 0.661. The number of pyridine rings is 1. The van der Waals surface area contributed by atoms with Gasteiger partial charge >= 0.3 is 0 Å². The predicted molar refractivity (Wildman–Crippen MR) is 128 cm³/mol. The second kappa shape index (κ2) is 9.53. The molecule has 2 aromatic carbocycles. The number of methoxy groups -OCH3 is 1. The molecule has 164 valence electrons. The molecule has 5 rings (SSSR count). The first-order valence-corrected chi connectivity index (χ1v) is 11.5. The van der Waals surface area contributed by atoms with E-state index in [2.05, 4.69) is 63.0 Å². The summed E-state index contributed by atoms with van der Waals surface area (Å²) in [6.07, 6.45) is 5.30. The third kappa shape index (κ3) is 4.68. The Morgan fingerprint density at radius 3 is 2.38 bits per heavy atom. The Hall–Kier alpha value is -3.18. The first-order valence-electron chi connectivity index (χ1n) is 11.5. The van der Waals surface area contributed by atoms with Crippen LogP contribution in [0.4, 0.5) is 0 Å². The summed E-state index contributed by atoms with van der Waals surface area (Å²) < 4.78 is 7.61. The molecule has 0 amide bonds.